The summed E-state index contributed by atoms with van der Waals surface area (Å²) in [6.45, 7) is 2.75. The number of aryl methyl sites for hydroxylation is 2. The summed E-state index contributed by atoms with van der Waals surface area (Å²) in [6, 6.07) is 5.92. The normalized spacial score (nSPS) is 24.1. The first-order chi connectivity index (χ1) is 10.5. The van der Waals surface area contributed by atoms with Crippen LogP contribution in [-0.2, 0) is 28.9 Å². The zero-order valence-electron chi connectivity index (χ0n) is 13.2. The number of amides is 2. The fourth-order valence-electron chi connectivity index (χ4n) is 3.72. The number of likely N-dealkylation sites (tertiary alicyclic amines) is 1. The number of benzene rings is 1. The van der Waals surface area contributed by atoms with Gasteiger partial charge >= 0.3 is 0 Å². The van der Waals surface area contributed by atoms with Crippen molar-refractivity contribution in [3.63, 3.8) is 0 Å². The van der Waals surface area contributed by atoms with E-state index >= 15 is 0 Å². The fraction of sp³-hybridized carbons (Fsp3) is 0.556. The van der Waals surface area contributed by atoms with Crippen molar-refractivity contribution >= 4 is 11.8 Å². The lowest BCUT2D eigenvalue weighted by Gasteiger charge is -2.36. The van der Waals surface area contributed by atoms with Crippen LogP contribution in [0.3, 0.4) is 0 Å². The van der Waals surface area contributed by atoms with Gasteiger partial charge in [-0.2, -0.15) is 0 Å². The largest absolute Gasteiger partial charge is 0.368 e. The maximum absolute atomic E-state index is 12.6. The molecule has 22 heavy (non-hydrogen) atoms. The van der Waals surface area contributed by atoms with Gasteiger partial charge in [-0.3, -0.25) is 9.59 Å². The molecule has 0 radical (unpaired) electrons. The fourth-order valence-corrected chi connectivity index (χ4v) is 3.72. The van der Waals surface area contributed by atoms with Crippen LogP contribution in [0.25, 0.3) is 0 Å². The van der Waals surface area contributed by atoms with Crippen molar-refractivity contribution in [1.29, 1.82) is 0 Å². The van der Waals surface area contributed by atoms with Crippen LogP contribution in [0.5, 0.6) is 0 Å². The Morgan fingerprint density at radius 3 is 2.82 bits per heavy atom. The second-order valence-electron chi connectivity index (χ2n) is 6.77. The van der Waals surface area contributed by atoms with Crippen molar-refractivity contribution in [3.8, 4) is 0 Å². The molecule has 2 unspecified atom stereocenters. The quantitative estimate of drug-likeness (QED) is 0.925. The lowest BCUT2D eigenvalue weighted by Crippen LogP contribution is -2.52. The van der Waals surface area contributed by atoms with E-state index in [-0.39, 0.29) is 11.8 Å². The molecule has 4 heteroatoms. The van der Waals surface area contributed by atoms with Crippen LogP contribution < -0.4 is 5.73 Å². The van der Waals surface area contributed by atoms with E-state index in [2.05, 4.69) is 19.1 Å². The molecule has 0 saturated carbocycles. The lowest BCUT2D eigenvalue weighted by molar-refractivity contribution is -0.141. The summed E-state index contributed by atoms with van der Waals surface area (Å²) in [4.78, 5) is 25.9. The molecule has 2 aliphatic rings. The van der Waals surface area contributed by atoms with Crippen LogP contribution in [-0.4, -0.2) is 29.3 Å². The van der Waals surface area contributed by atoms with Gasteiger partial charge in [0.1, 0.15) is 6.04 Å². The van der Waals surface area contributed by atoms with Crippen molar-refractivity contribution in [3.05, 3.63) is 34.9 Å². The zero-order valence-corrected chi connectivity index (χ0v) is 13.2. The summed E-state index contributed by atoms with van der Waals surface area (Å²) in [5.41, 5.74) is 9.33. The van der Waals surface area contributed by atoms with Crippen LogP contribution >= 0.6 is 0 Å². The van der Waals surface area contributed by atoms with Gasteiger partial charge in [-0.1, -0.05) is 25.1 Å². The number of primary amides is 1. The first-order valence-corrected chi connectivity index (χ1v) is 8.24. The number of nitrogens with two attached hydrogens (primary N) is 1. The van der Waals surface area contributed by atoms with Gasteiger partial charge in [0.15, 0.2) is 0 Å². The SMILES string of the molecule is CC1CCN(C(=O)Cc2ccc3c(c2)CCC3)C(C(N)=O)C1. The predicted octanol–water partition coefficient (Wildman–Crippen LogP) is 1.83. The molecule has 1 aromatic rings. The number of fused-ring (bicyclic) bond motifs is 1. The highest BCUT2D eigenvalue weighted by molar-refractivity contribution is 5.87. The Morgan fingerprint density at radius 1 is 1.27 bits per heavy atom. The standard InChI is InChI=1S/C18H24N2O2/c1-12-7-8-20(16(9-12)18(19)22)17(21)11-13-5-6-14-3-2-4-15(14)10-13/h5-6,10,12,16H,2-4,7-9,11H2,1H3,(H2,19,22). The number of hydrogen-bond donors (Lipinski definition) is 1. The van der Waals surface area contributed by atoms with E-state index in [9.17, 15) is 9.59 Å². The summed E-state index contributed by atoms with van der Waals surface area (Å²) in [7, 11) is 0. The monoisotopic (exact) mass is 300 g/mol. The van der Waals surface area contributed by atoms with E-state index < -0.39 is 6.04 Å². The highest BCUT2D eigenvalue weighted by Crippen LogP contribution is 2.25. The molecule has 2 amide bonds. The van der Waals surface area contributed by atoms with E-state index in [1.807, 2.05) is 6.07 Å². The zero-order chi connectivity index (χ0) is 15.7. The summed E-state index contributed by atoms with van der Waals surface area (Å²) in [5, 5.41) is 0. The van der Waals surface area contributed by atoms with Crippen molar-refractivity contribution in [2.45, 2.75) is 51.5 Å². The summed E-state index contributed by atoms with van der Waals surface area (Å²) < 4.78 is 0. The average Bonchev–Trinajstić information content (AvgIpc) is 2.94. The van der Waals surface area contributed by atoms with Crippen molar-refractivity contribution in [1.82, 2.24) is 4.90 Å². The number of hydrogen-bond acceptors (Lipinski definition) is 2. The predicted molar refractivity (Wildman–Crippen MR) is 85.3 cm³/mol. The lowest BCUT2D eigenvalue weighted by atomic mass is 9.91. The number of piperidine rings is 1. The van der Waals surface area contributed by atoms with Crippen LogP contribution in [0.1, 0.15) is 42.9 Å². The highest BCUT2D eigenvalue weighted by Gasteiger charge is 2.33. The third kappa shape index (κ3) is 3.01. The van der Waals surface area contributed by atoms with Gasteiger partial charge in [-0.25, -0.2) is 0 Å². The Balaban J connectivity index is 1.71. The molecule has 1 aliphatic heterocycles. The van der Waals surface area contributed by atoms with E-state index in [1.165, 1.54) is 17.5 Å². The van der Waals surface area contributed by atoms with Crippen molar-refractivity contribution < 1.29 is 9.59 Å². The topological polar surface area (TPSA) is 63.4 Å². The van der Waals surface area contributed by atoms with Gasteiger partial charge in [0, 0.05) is 6.54 Å². The Bertz CT molecular complexity index is 597. The summed E-state index contributed by atoms with van der Waals surface area (Å²) >= 11 is 0. The van der Waals surface area contributed by atoms with Gasteiger partial charge in [0.05, 0.1) is 6.42 Å². The van der Waals surface area contributed by atoms with E-state index in [4.69, 9.17) is 5.73 Å². The van der Waals surface area contributed by atoms with Crippen LogP contribution in [0.4, 0.5) is 0 Å². The molecule has 1 aromatic carbocycles. The molecule has 2 N–H and O–H groups in total. The van der Waals surface area contributed by atoms with Crippen LogP contribution in [0, 0.1) is 5.92 Å². The summed E-state index contributed by atoms with van der Waals surface area (Å²) in [5.74, 6) is 0.0871. The van der Waals surface area contributed by atoms with Crippen LogP contribution in [0.15, 0.2) is 18.2 Å². The average molecular weight is 300 g/mol. The molecule has 0 bridgehead atoms. The highest BCUT2D eigenvalue weighted by atomic mass is 16.2. The van der Waals surface area contributed by atoms with Crippen molar-refractivity contribution in [2.75, 3.05) is 6.54 Å². The first kappa shape index (κ1) is 15.1. The van der Waals surface area contributed by atoms with Gasteiger partial charge in [0.25, 0.3) is 0 Å². The molecule has 1 saturated heterocycles. The van der Waals surface area contributed by atoms with Gasteiger partial charge < -0.3 is 10.6 Å². The first-order valence-electron chi connectivity index (χ1n) is 8.24. The minimum atomic E-state index is -0.439. The second kappa shape index (κ2) is 6.11. The summed E-state index contributed by atoms with van der Waals surface area (Å²) in [6.07, 6.45) is 5.47. The maximum Gasteiger partial charge on any atom is 0.240 e. The molecule has 1 fully saturated rings. The van der Waals surface area contributed by atoms with E-state index in [1.54, 1.807) is 4.90 Å². The number of nitrogens with zero attached hydrogens (tertiary/aromatic N) is 1. The minimum Gasteiger partial charge on any atom is -0.368 e. The smallest absolute Gasteiger partial charge is 0.240 e. The Labute approximate surface area is 131 Å². The minimum absolute atomic E-state index is 0.0219. The molecule has 0 aromatic heterocycles. The van der Waals surface area contributed by atoms with Gasteiger partial charge in [-0.15, -0.1) is 0 Å². The molecule has 4 nitrogen and oxygen atoms in total. The number of carbonyl (C=O) groups is 2. The van der Waals surface area contributed by atoms with Crippen molar-refractivity contribution in [2.24, 2.45) is 11.7 Å². The second-order valence-corrected chi connectivity index (χ2v) is 6.77. The molecule has 1 aliphatic carbocycles. The number of rotatable bonds is 3. The maximum atomic E-state index is 12.6. The Hall–Kier alpha value is -1.84. The molecular formula is C18H24N2O2. The van der Waals surface area contributed by atoms with Crippen LogP contribution in [0.2, 0.25) is 0 Å². The molecule has 3 rings (SSSR count). The number of carbonyl (C=O) groups excluding carboxylic acids is 2. The Kier molecular flexibility index (Phi) is 4.19. The van der Waals surface area contributed by atoms with E-state index in [0.717, 1.165) is 24.8 Å². The third-order valence-electron chi connectivity index (χ3n) is 5.03. The molecule has 0 spiro atoms. The van der Waals surface area contributed by atoms with Gasteiger partial charge in [-0.05, 0) is 54.7 Å². The molecule has 2 atom stereocenters. The third-order valence-corrected chi connectivity index (χ3v) is 5.03. The molecular weight excluding hydrogens is 276 g/mol. The Morgan fingerprint density at radius 2 is 2.05 bits per heavy atom. The van der Waals surface area contributed by atoms with Gasteiger partial charge in [0.2, 0.25) is 11.8 Å². The molecule has 118 valence electrons. The van der Waals surface area contributed by atoms with E-state index in [0.29, 0.717) is 25.3 Å². The molecule has 1 heterocycles.